The van der Waals surface area contributed by atoms with Crippen molar-refractivity contribution in [2.45, 2.75) is 0 Å². The number of nitro benzene ring substituents is 1. The Hall–Kier alpha value is -2.97. The van der Waals surface area contributed by atoms with Gasteiger partial charge in [0.2, 0.25) is 11.9 Å². The Labute approximate surface area is 100 Å². The Morgan fingerprint density at radius 2 is 1.78 bits per heavy atom. The molecule has 5 N–H and O–H groups in total. The molecule has 1 heterocycles. The Morgan fingerprint density at radius 3 is 2.33 bits per heavy atom. The molecule has 0 aliphatic rings. The van der Waals surface area contributed by atoms with Gasteiger partial charge in [0.1, 0.15) is 5.75 Å². The first-order valence-corrected chi connectivity index (χ1v) is 4.72. The van der Waals surface area contributed by atoms with Crippen LogP contribution in [0.15, 0.2) is 18.2 Å². The van der Waals surface area contributed by atoms with Gasteiger partial charge in [0.25, 0.3) is 5.69 Å². The smallest absolute Gasteiger partial charge is 0.270 e. The average Bonchev–Trinajstić information content (AvgIpc) is 2.27. The zero-order valence-electron chi connectivity index (χ0n) is 8.94. The largest absolute Gasteiger partial charge is 0.507 e. The second-order valence-electron chi connectivity index (χ2n) is 3.33. The highest BCUT2D eigenvalue weighted by atomic mass is 16.6. The first-order valence-electron chi connectivity index (χ1n) is 4.72. The van der Waals surface area contributed by atoms with Crippen LogP contribution in [0.5, 0.6) is 5.75 Å². The van der Waals surface area contributed by atoms with Gasteiger partial charge in [-0.1, -0.05) is 0 Å². The van der Waals surface area contributed by atoms with E-state index in [1.165, 1.54) is 6.07 Å². The molecule has 2 rings (SSSR count). The van der Waals surface area contributed by atoms with E-state index in [2.05, 4.69) is 15.0 Å². The highest BCUT2D eigenvalue weighted by Crippen LogP contribution is 2.30. The summed E-state index contributed by atoms with van der Waals surface area (Å²) in [5, 5.41) is 20.3. The Morgan fingerprint density at radius 1 is 1.17 bits per heavy atom. The Balaban J connectivity index is 2.62. The number of nitro groups is 1. The van der Waals surface area contributed by atoms with Crippen molar-refractivity contribution in [3.63, 3.8) is 0 Å². The standard InChI is InChI=1S/C9H8N6O3/c10-8-12-7(13-9(11)14-8)5-3-4(15(17)18)1-2-6(5)16/h1-3,16H,(H4,10,11,12,13,14). The van der Waals surface area contributed by atoms with Crippen LogP contribution < -0.4 is 11.5 Å². The number of rotatable bonds is 2. The van der Waals surface area contributed by atoms with E-state index >= 15 is 0 Å². The summed E-state index contributed by atoms with van der Waals surface area (Å²) in [6.07, 6.45) is 0. The predicted octanol–water partition coefficient (Wildman–Crippen LogP) is 0.317. The van der Waals surface area contributed by atoms with Crippen molar-refractivity contribution in [1.29, 1.82) is 0 Å². The van der Waals surface area contributed by atoms with E-state index < -0.39 is 4.92 Å². The molecule has 92 valence electrons. The van der Waals surface area contributed by atoms with Crippen molar-refractivity contribution in [2.75, 3.05) is 11.5 Å². The fourth-order valence-corrected chi connectivity index (χ4v) is 1.35. The van der Waals surface area contributed by atoms with Gasteiger partial charge in [-0.3, -0.25) is 10.1 Å². The zero-order chi connectivity index (χ0) is 13.3. The van der Waals surface area contributed by atoms with Crippen LogP contribution in [-0.4, -0.2) is 25.0 Å². The summed E-state index contributed by atoms with van der Waals surface area (Å²) in [5.74, 6) is -0.515. The Kier molecular flexibility index (Phi) is 2.64. The minimum absolute atomic E-state index is 0.0267. The third-order valence-corrected chi connectivity index (χ3v) is 2.10. The van der Waals surface area contributed by atoms with E-state index in [1.54, 1.807) is 0 Å². The molecule has 2 aromatic rings. The summed E-state index contributed by atoms with van der Waals surface area (Å²) >= 11 is 0. The van der Waals surface area contributed by atoms with Crippen LogP contribution in [0.4, 0.5) is 17.6 Å². The van der Waals surface area contributed by atoms with Gasteiger partial charge < -0.3 is 16.6 Å². The SMILES string of the molecule is Nc1nc(N)nc(-c2cc([N+](=O)[O-])ccc2O)n1. The first-order chi connectivity index (χ1) is 8.47. The number of hydrogen-bond acceptors (Lipinski definition) is 8. The van der Waals surface area contributed by atoms with Crippen LogP contribution in [0, 0.1) is 10.1 Å². The monoisotopic (exact) mass is 248 g/mol. The van der Waals surface area contributed by atoms with E-state index in [9.17, 15) is 15.2 Å². The van der Waals surface area contributed by atoms with Gasteiger partial charge in [0, 0.05) is 12.1 Å². The van der Waals surface area contributed by atoms with Gasteiger partial charge in [-0.2, -0.15) is 15.0 Å². The highest BCUT2D eigenvalue weighted by molar-refractivity contribution is 5.68. The van der Waals surface area contributed by atoms with Crippen LogP contribution in [0.2, 0.25) is 0 Å². The number of non-ortho nitro benzene ring substituents is 1. The van der Waals surface area contributed by atoms with Gasteiger partial charge in [0.05, 0.1) is 10.5 Å². The lowest BCUT2D eigenvalue weighted by Gasteiger charge is -2.04. The maximum atomic E-state index is 10.7. The number of nitrogens with two attached hydrogens (primary N) is 2. The van der Waals surface area contributed by atoms with Crippen LogP contribution in [0.3, 0.4) is 0 Å². The lowest BCUT2D eigenvalue weighted by atomic mass is 10.1. The molecule has 9 nitrogen and oxygen atoms in total. The number of aromatic hydroxyl groups is 1. The van der Waals surface area contributed by atoms with Crippen molar-refractivity contribution >= 4 is 17.6 Å². The summed E-state index contributed by atoms with van der Waals surface area (Å²) in [5.41, 5.74) is 10.6. The van der Waals surface area contributed by atoms with Crippen LogP contribution in [0.1, 0.15) is 0 Å². The second-order valence-corrected chi connectivity index (χ2v) is 3.33. The summed E-state index contributed by atoms with van der Waals surface area (Å²) in [4.78, 5) is 21.1. The topological polar surface area (TPSA) is 154 Å². The minimum Gasteiger partial charge on any atom is -0.507 e. The van der Waals surface area contributed by atoms with E-state index in [4.69, 9.17) is 11.5 Å². The van der Waals surface area contributed by atoms with E-state index in [-0.39, 0.29) is 34.7 Å². The quantitative estimate of drug-likeness (QED) is 0.506. The molecular weight excluding hydrogens is 240 g/mol. The third-order valence-electron chi connectivity index (χ3n) is 2.10. The lowest BCUT2D eigenvalue weighted by molar-refractivity contribution is -0.384. The van der Waals surface area contributed by atoms with Crippen molar-refractivity contribution in [2.24, 2.45) is 0 Å². The molecule has 0 saturated heterocycles. The summed E-state index contributed by atoms with van der Waals surface area (Å²) in [7, 11) is 0. The predicted molar refractivity (Wildman–Crippen MR) is 62.4 cm³/mol. The fraction of sp³-hybridized carbons (Fsp3) is 0. The normalized spacial score (nSPS) is 10.2. The molecule has 1 aromatic carbocycles. The lowest BCUT2D eigenvalue weighted by Crippen LogP contribution is -2.04. The number of anilines is 2. The second kappa shape index (κ2) is 4.13. The molecule has 0 spiro atoms. The first kappa shape index (κ1) is 11.5. The van der Waals surface area contributed by atoms with E-state index in [1.807, 2.05) is 0 Å². The maximum absolute atomic E-state index is 10.7. The van der Waals surface area contributed by atoms with Gasteiger partial charge in [-0.25, -0.2) is 0 Å². The molecule has 0 saturated carbocycles. The number of hydrogen-bond donors (Lipinski definition) is 3. The molecule has 0 fully saturated rings. The van der Waals surface area contributed by atoms with E-state index in [0.717, 1.165) is 12.1 Å². The third kappa shape index (κ3) is 2.09. The molecular formula is C9H8N6O3. The molecule has 0 unspecified atom stereocenters. The fourth-order valence-electron chi connectivity index (χ4n) is 1.35. The number of benzene rings is 1. The number of phenols is 1. The van der Waals surface area contributed by atoms with Gasteiger partial charge in [-0.15, -0.1) is 0 Å². The van der Waals surface area contributed by atoms with Gasteiger partial charge in [-0.05, 0) is 6.07 Å². The van der Waals surface area contributed by atoms with Crippen molar-refractivity contribution < 1.29 is 10.0 Å². The molecule has 18 heavy (non-hydrogen) atoms. The zero-order valence-corrected chi connectivity index (χ0v) is 8.94. The average molecular weight is 248 g/mol. The van der Waals surface area contributed by atoms with Crippen LogP contribution in [-0.2, 0) is 0 Å². The van der Waals surface area contributed by atoms with Gasteiger partial charge in [0.15, 0.2) is 5.82 Å². The highest BCUT2D eigenvalue weighted by Gasteiger charge is 2.15. The van der Waals surface area contributed by atoms with Crippen molar-refractivity contribution in [3.05, 3.63) is 28.3 Å². The van der Waals surface area contributed by atoms with Gasteiger partial charge >= 0.3 is 0 Å². The van der Waals surface area contributed by atoms with Crippen molar-refractivity contribution in [1.82, 2.24) is 15.0 Å². The number of nitrogen functional groups attached to an aromatic ring is 2. The molecule has 0 aliphatic carbocycles. The molecule has 0 atom stereocenters. The maximum Gasteiger partial charge on any atom is 0.270 e. The molecule has 9 heteroatoms. The molecule has 0 amide bonds. The number of aromatic nitrogens is 3. The van der Waals surface area contributed by atoms with Crippen LogP contribution >= 0.6 is 0 Å². The van der Waals surface area contributed by atoms with Crippen LogP contribution in [0.25, 0.3) is 11.4 Å². The summed E-state index contributed by atoms with van der Waals surface area (Å²) < 4.78 is 0. The molecule has 0 bridgehead atoms. The molecule has 1 aromatic heterocycles. The number of nitrogens with zero attached hydrogens (tertiary/aromatic N) is 4. The molecule has 0 aliphatic heterocycles. The molecule has 0 radical (unpaired) electrons. The summed E-state index contributed by atoms with van der Waals surface area (Å²) in [6.45, 7) is 0. The summed E-state index contributed by atoms with van der Waals surface area (Å²) in [6, 6.07) is 3.46. The van der Waals surface area contributed by atoms with E-state index in [0.29, 0.717) is 0 Å². The van der Waals surface area contributed by atoms with Crippen molar-refractivity contribution in [3.8, 4) is 17.1 Å². The number of phenolic OH excluding ortho intramolecular Hbond substituents is 1. The minimum atomic E-state index is -0.600. The Bertz CT molecular complexity index is 609.